The number of carbonyl (C=O) groups is 2. The van der Waals surface area contributed by atoms with Gasteiger partial charge in [-0.2, -0.15) is 0 Å². The van der Waals surface area contributed by atoms with Gasteiger partial charge in [-0.1, -0.05) is 18.2 Å². The van der Waals surface area contributed by atoms with E-state index in [0.29, 0.717) is 18.8 Å². The number of hydrogen-bond acceptors (Lipinski definition) is 3. The van der Waals surface area contributed by atoms with Crippen molar-refractivity contribution in [1.82, 2.24) is 0 Å². The Bertz CT molecular complexity index is 707. The molecule has 1 aliphatic rings. The Morgan fingerprint density at radius 2 is 1.95 bits per heavy atom. The second-order valence-electron chi connectivity index (χ2n) is 4.83. The Labute approximate surface area is 121 Å². The van der Waals surface area contributed by atoms with E-state index in [4.69, 9.17) is 9.84 Å². The lowest BCUT2D eigenvalue weighted by atomic mass is 10.1. The van der Waals surface area contributed by atoms with Gasteiger partial charge in [-0.05, 0) is 29.3 Å². The van der Waals surface area contributed by atoms with Gasteiger partial charge in [0.05, 0.1) is 12.0 Å². The molecule has 21 heavy (non-hydrogen) atoms. The first-order valence-electron chi connectivity index (χ1n) is 6.49. The highest BCUT2D eigenvalue weighted by Crippen LogP contribution is 2.27. The SMILES string of the molecule is O=C1Cc2ccc(OCc3ccc(C(=O)O)cc3)cc2N1. The van der Waals surface area contributed by atoms with E-state index in [-0.39, 0.29) is 11.5 Å². The summed E-state index contributed by atoms with van der Waals surface area (Å²) < 4.78 is 5.65. The van der Waals surface area contributed by atoms with Crippen molar-refractivity contribution in [3.8, 4) is 5.75 Å². The number of hydrogen-bond donors (Lipinski definition) is 2. The second-order valence-corrected chi connectivity index (χ2v) is 4.83. The van der Waals surface area contributed by atoms with Gasteiger partial charge < -0.3 is 15.2 Å². The number of fused-ring (bicyclic) bond motifs is 1. The fourth-order valence-corrected chi connectivity index (χ4v) is 2.19. The number of carboxylic acid groups (broad SMARTS) is 1. The van der Waals surface area contributed by atoms with Crippen LogP contribution in [-0.4, -0.2) is 17.0 Å². The maximum absolute atomic E-state index is 11.3. The molecule has 0 unspecified atom stereocenters. The molecular formula is C16H13NO4. The van der Waals surface area contributed by atoms with E-state index in [1.165, 1.54) is 0 Å². The summed E-state index contributed by atoms with van der Waals surface area (Å²) in [5, 5.41) is 11.6. The van der Waals surface area contributed by atoms with Crippen LogP contribution in [0.1, 0.15) is 21.5 Å². The average molecular weight is 283 g/mol. The third-order valence-electron chi connectivity index (χ3n) is 3.31. The van der Waals surface area contributed by atoms with Crippen molar-refractivity contribution in [1.29, 1.82) is 0 Å². The van der Waals surface area contributed by atoms with Gasteiger partial charge in [-0.25, -0.2) is 4.79 Å². The molecule has 2 N–H and O–H groups in total. The summed E-state index contributed by atoms with van der Waals surface area (Å²) in [5.74, 6) is -0.290. The fourth-order valence-electron chi connectivity index (χ4n) is 2.19. The molecule has 2 aromatic carbocycles. The highest BCUT2D eigenvalue weighted by atomic mass is 16.5. The summed E-state index contributed by atoms with van der Waals surface area (Å²) >= 11 is 0. The molecule has 5 heteroatoms. The molecule has 1 amide bonds. The third kappa shape index (κ3) is 2.86. The number of anilines is 1. The van der Waals surface area contributed by atoms with Crippen molar-refractivity contribution in [3.63, 3.8) is 0 Å². The lowest BCUT2D eigenvalue weighted by Crippen LogP contribution is -2.03. The summed E-state index contributed by atoms with van der Waals surface area (Å²) in [5.41, 5.74) is 2.89. The Morgan fingerprint density at radius 1 is 1.19 bits per heavy atom. The molecule has 0 fully saturated rings. The van der Waals surface area contributed by atoms with Crippen molar-refractivity contribution >= 4 is 17.6 Å². The summed E-state index contributed by atoms with van der Waals surface area (Å²) in [6.07, 6.45) is 0.409. The van der Waals surface area contributed by atoms with Crippen LogP contribution in [0.4, 0.5) is 5.69 Å². The van der Waals surface area contributed by atoms with Crippen LogP contribution in [-0.2, 0) is 17.8 Å². The largest absolute Gasteiger partial charge is 0.489 e. The predicted molar refractivity (Wildman–Crippen MR) is 76.5 cm³/mol. The molecule has 1 heterocycles. The van der Waals surface area contributed by atoms with Crippen LogP contribution in [0.15, 0.2) is 42.5 Å². The van der Waals surface area contributed by atoms with Crippen LogP contribution in [0, 0.1) is 0 Å². The predicted octanol–water partition coefficient (Wildman–Crippen LogP) is 2.46. The number of aromatic carboxylic acids is 1. The monoisotopic (exact) mass is 283 g/mol. The van der Waals surface area contributed by atoms with Crippen LogP contribution in [0.3, 0.4) is 0 Å². The Balaban J connectivity index is 1.66. The van der Waals surface area contributed by atoms with Crippen molar-refractivity contribution in [2.24, 2.45) is 0 Å². The molecule has 0 atom stereocenters. The molecular weight excluding hydrogens is 270 g/mol. The lowest BCUT2D eigenvalue weighted by Gasteiger charge is -2.08. The van der Waals surface area contributed by atoms with E-state index in [2.05, 4.69) is 5.32 Å². The fraction of sp³-hybridized carbons (Fsp3) is 0.125. The van der Waals surface area contributed by atoms with Crippen molar-refractivity contribution in [2.45, 2.75) is 13.0 Å². The summed E-state index contributed by atoms with van der Waals surface area (Å²) in [7, 11) is 0. The molecule has 0 radical (unpaired) electrons. The standard InChI is InChI=1S/C16H13NO4/c18-15-7-12-5-6-13(8-14(12)17-15)21-9-10-1-3-11(4-2-10)16(19)20/h1-6,8H,7,9H2,(H,17,18)(H,19,20). The van der Waals surface area contributed by atoms with Gasteiger partial charge in [0.15, 0.2) is 0 Å². The molecule has 3 rings (SSSR count). The quantitative estimate of drug-likeness (QED) is 0.903. The molecule has 0 spiro atoms. The van der Waals surface area contributed by atoms with E-state index < -0.39 is 5.97 Å². The summed E-state index contributed by atoms with van der Waals surface area (Å²) in [4.78, 5) is 22.0. The minimum absolute atomic E-state index is 0.00795. The molecule has 0 saturated carbocycles. The molecule has 5 nitrogen and oxygen atoms in total. The first-order valence-corrected chi connectivity index (χ1v) is 6.49. The zero-order valence-electron chi connectivity index (χ0n) is 11.1. The minimum atomic E-state index is -0.947. The summed E-state index contributed by atoms with van der Waals surface area (Å²) in [6, 6.07) is 12.0. The van der Waals surface area contributed by atoms with Crippen molar-refractivity contribution < 1.29 is 19.4 Å². The Hall–Kier alpha value is -2.82. The van der Waals surface area contributed by atoms with Crippen molar-refractivity contribution in [3.05, 3.63) is 59.2 Å². The van der Waals surface area contributed by atoms with Gasteiger partial charge in [-0.15, -0.1) is 0 Å². The molecule has 106 valence electrons. The van der Waals surface area contributed by atoms with E-state index in [9.17, 15) is 9.59 Å². The smallest absolute Gasteiger partial charge is 0.335 e. The Morgan fingerprint density at radius 3 is 2.67 bits per heavy atom. The third-order valence-corrected chi connectivity index (χ3v) is 3.31. The first kappa shape index (κ1) is 13.2. The number of carbonyl (C=O) groups excluding carboxylic acids is 1. The van der Waals surface area contributed by atoms with Crippen molar-refractivity contribution in [2.75, 3.05) is 5.32 Å². The number of ether oxygens (including phenoxy) is 1. The molecule has 2 aromatic rings. The van der Waals surface area contributed by atoms with Crippen LogP contribution < -0.4 is 10.1 Å². The molecule has 0 aliphatic carbocycles. The highest BCUT2D eigenvalue weighted by molar-refractivity contribution is 5.99. The van der Waals surface area contributed by atoms with E-state index in [1.807, 2.05) is 12.1 Å². The number of nitrogens with one attached hydrogen (secondary N) is 1. The van der Waals surface area contributed by atoms with Gasteiger partial charge in [-0.3, -0.25) is 4.79 Å². The molecule has 0 bridgehead atoms. The number of benzene rings is 2. The van der Waals surface area contributed by atoms with E-state index in [1.54, 1.807) is 30.3 Å². The van der Waals surface area contributed by atoms with E-state index in [0.717, 1.165) is 16.8 Å². The van der Waals surface area contributed by atoms with E-state index >= 15 is 0 Å². The van der Waals surface area contributed by atoms with Gasteiger partial charge in [0.25, 0.3) is 0 Å². The van der Waals surface area contributed by atoms with Crippen LogP contribution in [0.5, 0.6) is 5.75 Å². The van der Waals surface area contributed by atoms with Gasteiger partial charge in [0.2, 0.25) is 5.91 Å². The second kappa shape index (κ2) is 5.28. The van der Waals surface area contributed by atoms with Gasteiger partial charge in [0.1, 0.15) is 12.4 Å². The zero-order chi connectivity index (χ0) is 14.8. The summed E-state index contributed by atoms with van der Waals surface area (Å²) in [6.45, 7) is 0.340. The Kier molecular flexibility index (Phi) is 3.31. The minimum Gasteiger partial charge on any atom is -0.489 e. The topological polar surface area (TPSA) is 75.6 Å². The van der Waals surface area contributed by atoms with Gasteiger partial charge in [0, 0.05) is 11.8 Å². The van der Waals surface area contributed by atoms with Crippen LogP contribution in [0.25, 0.3) is 0 Å². The molecule has 1 aliphatic heterocycles. The van der Waals surface area contributed by atoms with Gasteiger partial charge >= 0.3 is 5.97 Å². The molecule has 0 saturated heterocycles. The highest BCUT2D eigenvalue weighted by Gasteiger charge is 2.17. The number of rotatable bonds is 4. The van der Waals surface area contributed by atoms with Crippen LogP contribution >= 0.6 is 0 Å². The number of amides is 1. The number of carboxylic acids is 1. The maximum Gasteiger partial charge on any atom is 0.335 e. The first-order chi connectivity index (χ1) is 10.1. The average Bonchev–Trinajstić information content (AvgIpc) is 2.84. The molecule has 0 aromatic heterocycles. The van der Waals surface area contributed by atoms with Crippen LogP contribution in [0.2, 0.25) is 0 Å². The normalized spacial score (nSPS) is 12.7. The zero-order valence-corrected chi connectivity index (χ0v) is 11.1. The lowest BCUT2D eigenvalue weighted by molar-refractivity contribution is -0.115. The maximum atomic E-state index is 11.3.